The van der Waals surface area contributed by atoms with Crippen LogP contribution in [0.4, 0.5) is 18.9 Å². The lowest BCUT2D eigenvalue weighted by Crippen LogP contribution is -2.43. The van der Waals surface area contributed by atoms with Crippen molar-refractivity contribution < 1.29 is 22.8 Å². The fourth-order valence-electron chi connectivity index (χ4n) is 3.32. The van der Waals surface area contributed by atoms with Crippen LogP contribution in [0.25, 0.3) is 0 Å². The highest BCUT2D eigenvalue weighted by Crippen LogP contribution is 2.18. The number of piperidine rings is 1. The number of hydrogen-bond acceptors (Lipinski definition) is 3. The maximum atomic E-state index is 13.2. The van der Waals surface area contributed by atoms with E-state index in [9.17, 15) is 22.8 Å². The molecule has 3 rings (SSSR count). The Kier molecular flexibility index (Phi) is 6.87. The molecule has 1 fully saturated rings. The third-order valence-corrected chi connectivity index (χ3v) is 4.85. The number of halogens is 3. The Bertz CT molecular complexity index is 846. The van der Waals surface area contributed by atoms with Crippen LogP contribution in [0.1, 0.15) is 18.4 Å². The predicted octanol–water partition coefficient (Wildman–Crippen LogP) is 3.07. The molecule has 0 spiro atoms. The smallest absolute Gasteiger partial charge is 0.238 e. The molecule has 2 aromatic rings. The summed E-state index contributed by atoms with van der Waals surface area (Å²) in [7, 11) is 0. The van der Waals surface area contributed by atoms with E-state index in [2.05, 4.69) is 10.6 Å². The Morgan fingerprint density at radius 1 is 0.931 bits per heavy atom. The van der Waals surface area contributed by atoms with Gasteiger partial charge >= 0.3 is 0 Å². The zero-order valence-electron chi connectivity index (χ0n) is 15.8. The summed E-state index contributed by atoms with van der Waals surface area (Å²) in [6.07, 6.45) is 1.22. The molecule has 5 nitrogen and oxygen atoms in total. The average molecular weight is 405 g/mol. The normalized spacial score (nSPS) is 15.1. The van der Waals surface area contributed by atoms with E-state index in [1.54, 1.807) is 12.1 Å². The lowest BCUT2D eigenvalue weighted by molar-refractivity contribution is -0.126. The molecule has 1 saturated heterocycles. The van der Waals surface area contributed by atoms with E-state index in [-0.39, 0.29) is 35.8 Å². The van der Waals surface area contributed by atoms with E-state index in [1.807, 2.05) is 4.90 Å². The average Bonchev–Trinajstić information content (AvgIpc) is 2.67. The van der Waals surface area contributed by atoms with Crippen molar-refractivity contribution in [1.82, 2.24) is 10.2 Å². The minimum absolute atomic E-state index is 0.0614. The molecule has 0 saturated carbocycles. The van der Waals surface area contributed by atoms with Crippen molar-refractivity contribution in [2.24, 2.45) is 5.92 Å². The van der Waals surface area contributed by atoms with Crippen LogP contribution in [0.5, 0.6) is 0 Å². The molecule has 0 aromatic heterocycles. The molecule has 0 atom stereocenters. The number of amides is 2. The number of rotatable bonds is 6. The van der Waals surface area contributed by atoms with Gasteiger partial charge in [-0.2, -0.15) is 0 Å². The molecule has 1 aliphatic rings. The van der Waals surface area contributed by atoms with Crippen LogP contribution < -0.4 is 10.6 Å². The van der Waals surface area contributed by atoms with E-state index in [1.165, 1.54) is 12.1 Å². The van der Waals surface area contributed by atoms with Crippen LogP contribution in [-0.4, -0.2) is 36.3 Å². The van der Waals surface area contributed by atoms with Crippen molar-refractivity contribution in [3.8, 4) is 0 Å². The Morgan fingerprint density at radius 2 is 1.55 bits per heavy atom. The fourth-order valence-corrected chi connectivity index (χ4v) is 3.32. The summed E-state index contributed by atoms with van der Waals surface area (Å²) < 4.78 is 39.3. The van der Waals surface area contributed by atoms with Gasteiger partial charge in [-0.05, 0) is 55.8 Å². The summed E-state index contributed by atoms with van der Waals surface area (Å²) >= 11 is 0. The molecule has 2 aromatic carbocycles. The largest absolute Gasteiger partial charge is 0.352 e. The number of carbonyl (C=O) groups excluding carboxylic acids is 2. The van der Waals surface area contributed by atoms with Gasteiger partial charge in [-0.3, -0.25) is 14.5 Å². The standard InChI is InChI=1S/C21H22F3N3O2/c22-16-3-1-14(2-4-16)12-25-21(29)15-5-7-27(8-6-15)13-20(28)26-19-10-17(23)9-18(24)11-19/h1-4,9-11,15H,5-8,12-13H2,(H,25,29)(H,26,28). The Morgan fingerprint density at radius 3 is 2.17 bits per heavy atom. The first-order valence-electron chi connectivity index (χ1n) is 9.39. The van der Waals surface area contributed by atoms with Crippen LogP contribution in [0.2, 0.25) is 0 Å². The summed E-state index contributed by atoms with van der Waals surface area (Å²) in [5.74, 6) is -2.41. The van der Waals surface area contributed by atoms with Gasteiger partial charge < -0.3 is 10.6 Å². The maximum absolute atomic E-state index is 13.2. The maximum Gasteiger partial charge on any atom is 0.238 e. The lowest BCUT2D eigenvalue weighted by atomic mass is 9.96. The number of carbonyl (C=O) groups is 2. The van der Waals surface area contributed by atoms with Gasteiger partial charge in [0.25, 0.3) is 0 Å². The van der Waals surface area contributed by atoms with Gasteiger partial charge in [0, 0.05) is 24.2 Å². The van der Waals surface area contributed by atoms with Gasteiger partial charge in [0.05, 0.1) is 6.54 Å². The quantitative estimate of drug-likeness (QED) is 0.777. The number of likely N-dealkylation sites (tertiary alicyclic amines) is 1. The first kappa shape index (κ1) is 20.9. The van der Waals surface area contributed by atoms with E-state index in [4.69, 9.17) is 0 Å². The number of hydrogen-bond donors (Lipinski definition) is 2. The first-order chi connectivity index (χ1) is 13.9. The summed E-state index contributed by atoms with van der Waals surface area (Å²) in [6, 6.07) is 8.80. The molecular formula is C21H22F3N3O2. The highest BCUT2D eigenvalue weighted by atomic mass is 19.1. The summed E-state index contributed by atoms with van der Waals surface area (Å²) in [4.78, 5) is 26.3. The summed E-state index contributed by atoms with van der Waals surface area (Å²) in [5, 5.41) is 5.34. The zero-order chi connectivity index (χ0) is 20.8. The van der Waals surface area contributed by atoms with Crippen LogP contribution in [0.15, 0.2) is 42.5 Å². The molecule has 2 N–H and O–H groups in total. The third-order valence-electron chi connectivity index (χ3n) is 4.85. The van der Waals surface area contributed by atoms with Gasteiger partial charge in [-0.25, -0.2) is 13.2 Å². The molecule has 8 heteroatoms. The van der Waals surface area contributed by atoms with E-state index >= 15 is 0 Å². The number of benzene rings is 2. The van der Waals surface area contributed by atoms with Crippen molar-refractivity contribution >= 4 is 17.5 Å². The van der Waals surface area contributed by atoms with Gasteiger partial charge in [-0.15, -0.1) is 0 Å². The minimum Gasteiger partial charge on any atom is -0.352 e. The molecule has 154 valence electrons. The second kappa shape index (κ2) is 9.56. The van der Waals surface area contributed by atoms with Gasteiger partial charge in [0.1, 0.15) is 17.5 Å². The molecule has 0 bridgehead atoms. The van der Waals surface area contributed by atoms with Crippen LogP contribution in [0.3, 0.4) is 0 Å². The van der Waals surface area contributed by atoms with E-state index in [0.29, 0.717) is 32.5 Å². The molecular weight excluding hydrogens is 383 g/mol. The van der Waals surface area contributed by atoms with Crippen molar-refractivity contribution in [3.05, 3.63) is 65.5 Å². The summed E-state index contributed by atoms with van der Waals surface area (Å²) in [6.45, 7) is 1.56. The number of anilines is 1. The van der Waals surface area contributed by atoms with Crippen molar-refractivity contribution in [3.63, 3.8) is 0 Å². The van der Waals surface area contributed by atoms with Gasteiger partial charge in [-0.1, -0.05) is 12.1 Å². The molecule has 0 aliphatic carbocycles. The fraction of sp³-hybridized carbons (Fsp3) is 0.333. The molecule has 1 aliphatic heterocycles. The van der Waals surface area contributed by atoms with Crippen LogP contribution >= 0.6 is 0 Å². The monoisotopic (exact) mass is 405 g/mol. The van der Waals surface area contributed by atoms with Gasteiger partial charge in [0.15, 0.2) is 0 Å². The van der Waals surface area contributed by atoms with Crippen LogP contribution in [0, 0.1) is 23.4 Å². The molecule has 0 radical (unpaired) electrons. The Labute approximate surface area is 166 Å². The lowest BCUT2D eigenvalue weighted by Gasteiger charge is -2.30. The molecule has 29 heavy (non-hydrogen) atoms. The van der Waals surface area contributed by atoms with Crippen LogP contribution in [-0.2, 0) is 16.1 Å². The second-order valence-corrected chi connectivity index (χ2v) is 7.10. The van der Waals surface area contributed by atoms with E-state index < -0.39 is 11.6 Å². The number of nitrogens with one attached hydrogen (secondary N) is 2. The first-order valence-corrected chi connectivity index (χ1v) is 9.39. The molecule has 0 unspecified atom stereocenters. The Hall–Kier alpha value is -2.87. The summed E-state index contributed by atoms with van der Waals surface area (Å²) in [5.41, 5.74) is 0.894. The van der Waals surface area contributed by atoms with Gasteiger partial charge in [0.2, 0.25) is 11.8 Å². The van der Waals surface area contributed by atoms with Crippen molar-refractivity contribution in [2.45, 2.75) is 19.4 Å². The predicted molar refractivity (Wildman–Crippen MR) is 102 cm³/mol. The van der Waals surface area contributed by atoms with E-state index in [0.717, 1.165) is 23.8 Å². The molecule has 1 heterocycles. The minimum atomic E-state index is -0.757. The molecule has 2 amide bonds. The zero-order valence-corrected chi connectivity index (χ0v) is 15.8. The SMILES string of the molecule is O=C(CN1CCC(C(=O)NCc2ccc(F)cc2)CC1)Nc1cc(F)cc(F)c1. The highest BCUT2D eigenvalue weighted by molar-refractivity contribution is 5.92. The topological polar surface area (TPSA) is 61.4 Å². The highest BCUT2D eigenvalue weighted by Gasteiger charge is 2.25. The van der Waals surface area contributed by atoms with Crippen molar-refractivity contribution in [1.29, 1.82) is 0 Å². The number of nitrogens with zero attached hydrogens (tertiary/aromatic N) is 1. The van der Waals surface area contributed by atoms with Crippen molar-refractivity contribution in [2.75, 3.05) is 25.0 Å². The Balaban J connectivity index is 1.40. The third kappa shape index (κ3) is 6.32. The second-order valence-electron chi connectivity index (χ2n) is 7.10.